The number of rotatable bonds is 1. The lowest BCUT2D eigenvalue weighted by atomic mass is 9.95. The molecule has 1 aliphatic heterocycles. The van der Waals surface area contributed by atoms with Gasteiger partial charge in [-0.3, -0.25) is 0 Å². The maximum atomic E-state index is 10.3. The van der Waals surface area contributed by atoms with E-state index in [9.17, 15) is 5.11 Å². The molecule has 0 amide bonds. The minimum absolute atomic E-state index is 0.202. The first kappa shape index (κ1) is 14.2. The fourth-order valence-electron chi connectivity index (χ4n) is 2.33. The molecule has 2 aromatic rings. The first-order chi connectivity index (χ1) is 9.54. The van der Waals surface area contributed by atoms with E-state index in [-0.39, 0.29) is 6.10 Å². The molecule has 0 radical (unpaired) electrons. The second-order valence-corrected chi connectivity index (χ2v) is 6.41. The van der Waals surface area contributed by atoms with Crippen LogP contribution in [0.4, 0.5) is 0 Å². The number of benzene rings is 2. The van der Waals surface area contributed by atoms with Crippen LogP contribution in [-0.4, -0.2) is 5.11 Å². The molecule has 2 aromatic carbocycles. The van der Waals surface area contributed by atoms with Crippen LogP contribution in [-0.2, 0) is 0 Å². The normalized spacial score (nSPS) is 21.2. The first-order valence-corrected chi connectivity index (χ1v) is 7.68. The van der Waals surface area contributed by atoms with Crippen LogP contribution in [0, 0.1) is 0 Å². The summed E-state index contributed by atoms with van der Waals surface area (Å²) in [5.41, 5.74) is 1.71. The Kier molecular flexibility index (Phi) is 3.95. The molecule has 2 unspecified atom stereocenters. The number of hydrogen-bond acceptors (Lipinski definition) is 2. The minimum atomic E-state index is -0.586. The van der Waals surface area contributed by atoms with E-state index in [1.807, 2.05) is 18.2 Å². The largest absolute Gasteiger partial charge is 0.485 e. The molecule has 3 rings (SSSR count). The van der Waals surface area contributed by atoms with Crippen LogP contribution < -0.4 is 4.74 Å². The number of fused-ring (bicyclic) bond motifs is 1. The van der Waals surface area contributed by atoms with Crippen LogP contribution in [0.15, 0.2) is 40.9 Å². The summed E-state index contributed by atoms with van der Waals surface area (Å²) in [6.45, 7) is 0. The number of halogens is 3. The van der Waals surface area contributed by atoms with E-state index in [4.69, 9.17) is 27.9 Å². The Bertz CT molecular complexity index is 660. The van der Waals surface area contributed by atoms with Gasteiger partial charge in [0.1, 0.15) is 11.9 Å². The lowest BCUT2D eigenvalue weighted by molar-refractivity contribution is 0.0657. The molecule has 1 heterocycles. The van der Waals surface area contributed by atoms with E-state index in [0.29, 0.717) is 22.2 Å². The second kappa shape index (κ2) is 5.57. The number of aliphatic hydroxyl groups is 1. The molecule has 1 N–H and O–H groups in total. The highest BCUT2D eigenvalue weighted by Crippen LogP contribution is 2.42. The first-order valence-electron chi connectivity index (χ1n) is 6.13. The highest BCUT2D eigenvalue weighted by atomic mass is 79.9. The van der Waals surface area contributed by atoms with Crippen molar-refractivity contribution in [2.75, 3.05) is 0 Å². The van der Waals surface area contributed by atoms with Gasteiger partial charge in [0.25, 0.3) is 0 Å². The van der Waals surface area contributed by atoms with Gasteiger partial charge in [0.2, 0.25) is 0 Å². The van der Waals surface area contributed by atoms with Crippen molar-refractivity contribution in [3.63, 3.8) is 0 Å². The topological polar surface area (TPSA) is 29.5 Å². The Morgan fingerprint density at radius 3 is 2.70 bits per heavy atom. The van der Waals surface area contributed by atoms with Crippen LogP contribution in [0.2, 0.25) is 10.0 Å². The van der Waals surface area contributed by atoms with Crippen molar-refractivity contribution in [2.45, 2.75) is 18.6 Å². The Hall–Kier alpha value is -0.740. The zero-order chi connectivity index (χ0) is 14.3. The molecule has 0 saturated carbocycles. The summed E-state index contributed by atoms with van der Waals surface area (Å²) in [4.78, 5) is 0. The van der Waals surface area contributed by atoms with Gasteiger partial charge in [-0.05, 0) is 51.8 Å². The summed E-state index contributed by atoms with van der Waals surface area (Å²) in [5.74, 6) is 0.671. The molecule has 0 aromatic heterocycles. The minimum Gasteiger partial charge on any atom is -0.485 e. The Balaban J connectivity index is 1.94. The maximum Gasteiger partial charge on any atom is 0.127 e. The Morgan fingerprint density at radius 2 is 1.95 bits per heavy atom. The van der Waals surface area contributed by atoms with Crippen molar-refractivity contribution in [3.8, 4) is 5.75 Å². The van der Waals surface area contributed by atoms with E-state index < -0.39 is 6.10 Å². The lowest BCUT2D eigenvalue weighted by Gasteiger charge is -2.30. The van der Waals surface area contributed by atoms with Crippen LogP contribution >= 0.6 is 39.1 Å². The van der Waals surface area contributed by atoms with Gasteiger partial charge in [-0.25, -0.2) is 0 Å². The molecule has 0 spiro atoms. The van der Waals surface area contributed by atoms with Crippen molar-refractivity contribution in [1.82, 2.24) is 0 Å². The second-order valence-electron chi connectivity index (χ2n) is 4.71. The summed E-state index contributed by atoms with van der Waals surface area (Å²) in [6.07, 6.45) is -0.300. The molecule has 5 heteroatoms. The SMILES string of the molecule is OC1CC(c2ccc(Cl)c(Br)c2)Oc2ccc(Cl)cc21. The lowest BCUT2D eigenvalue weighted by Crippen LogP contribution is -2.19. The third-order valence-corrected chi connectivity index (χ3v) is 4.80. The maximum absolute atomic E-state index is 10.3. The van der Waals surface area contributed by atoms with E-state index in [1.165, 1.54) is 0 Å². The van der Waals surface area contributed by atoms with Crippen LogP contribution in [0.25, 0.3) is 0 Å². The van der Waals surface area contributed by atoms with Crippen LogP contribution in [0.1, 0.15) is 29.8 Å². The summed E-state index contributed by atoms with van der Waals surface area (Å²) < 4.78 is 6.77. The van der Waals surface area contributed by atoms with Gasteiger partial charge >= 0.3 is 0 Å². The molecule has 0 bridgehead atoms. The van der Waals surface area contributed by atoms with Crippen molar-refractivity contribution in [2.24, 2.45) is 0 Å². The van der Waals surface area contributed by atoms with Gasteiger partial charge in [-0.1, -0.05) is 29.3 Å². The average Bonchev–Trinajstić information content (AvgIpc) is 2.42. The predicted molar refractivity (Wildman–Crippen MR) is 83.5 cm³/mol. The Labute approximate surface area is 135 Å². The summed E-state index contributed by atoms with van der Waals surface area (Å²) >= 11 is 15.3. The average molecular weight is 374 g/mol. The van der Waals surface area contributed by atoms with Crippen molar-refractivity contribution >= 4 is 39.1 Å². The third kappa shape index (κ3) is 2.68. The number of aliphatic hydroxyl groups excluding tert-OH is 1. The molecule has 104 valence electrons. The van der Waals surface area contributed by atoms with E-state index >= 15 is 0 Å². The fourth-order valence-corrected chi connectivity index (χ4v) is 3.03. The van der Waals surface area contributed by atoms with Crippen LogP contribution in [0.5, 0.6) is 5.75 Å². The molecule has 0 aliphatic carbocycles. The zero-order valence-corrected chi connectivity index (χ0v) is 13.4. The molecule has 20 heavy (non-hydrogen) atoms. The van der Waals surface area contributed by atoms with E-state index in [0.717, 1.165) is 15.6 Å². The van der Waals surface area contributed by atoms with Gasteiger partial charge in [-0.15, -0.1) is 0 Å². The summed E-state index contributed by atoms with van der Waals surface area (Å²) in [6, 6.07) is 10.9. The molecule has 0 fully saturated rings. The third-order valence-electron chi connectivity index (χ3n) is 3.35. The monoisotopic (exact) mass is 372 g/mol. The quantitative estimate of drug-likeness (QED) is 0.733. The molecule has 2 atom stereocenters. The molecule has 1 aliphatic rings. The zero-order valence-electron chi connectivity index (χ0n) is 10.3. The molecule has 2 nitrogen and oxygen atoms in total. The predicted octanol–water partition coefficient (Wildman–Crippen LogP) is 5.31. The van der Waals surface area contributed by atoms with Crippen molar-refractivity contribution in [3.05, 3.63) is 62.0 Å². The standard InChI is InChI=1S/C15H11BrCl2O2/c16-11-5-8(1-3-12(11)18)15-7-13(19)10-6-9(17)2-4-14(10)20-15/h1-6,13,15,19H,7H2. The molecule has 0 saturated heterocycles. The van der Waals surface area contributed by atoms with Gasteiger partial charge in [0.05, 0.1) is 11.1 Å². The van der Waals surface area contributed by atoms with Crippen molar-refractivity contribution in [1.29, 1.82) is 0 Å². The highest BCUT2D eigenvalue weighted by molar-refractivity contribution is 9.10. The number of hydrogen-bond donors (Lipinski definition) is 1. The molecular weight excluding hydrogens is 363 g/mol. The number of ether oxygens (including phenoxy) is 1. The van der Waals surface area contributed by atoms with Gasteiger partial charge in [0, 0.05) is 21.5 Å². The van der Waals surface area contributed by atoms with Gasteiger partial charge in [0.15, 0.2) is 0 Å². The van der Waals surface area contributed by atoms with Gasteiger partial charge in [-0.2, -0.15) is 0 Å². The fraction of sp³-hybridized carbons (Fsp3) is 0.200. The van der Waals surface area contributed by atoms with Gasteiger partial charge < -0.3 is 9.84 Å². The summed E-state index contributed by atoms with van der Waals surface area (Å²) in [7, 11) is 0. The smallest absolute Gasteiger partial charge is 0.127 e. The van der Waals surface area contributed by atoms with Crippen LogP contribution in [0.3, 0.4) is 0 Å². The summed E-state index contributed by atoms with van der Waals surface area (Å²) in [5, 5.41) is 11.5. The van der Waals surface area contributed by atoms with E-state index in [1.54, 1.807) is 18.2 Å². The Morgan fingerprint density at radius 1 is 1.15 bits per heavy atom. The van der Waals surface area contributed by atoms with Crippen molar-refractivity contribution < 1.29 is 9.84 Å². The molecular formula is C15H11BrCl2O2. The highest BCUT2D eigenvalue weighted by Gasteiger charge is 2.28. The van der Waals surface area contributed by atoms with E-state index in [2.05, 4.69) is 15.9 Å².